The largest absolute Gasteiger partial charge is 0.494 e. The highest BCUT2D eigenvalue weighted by molar-refractivity contribution is 7.90. The SMILES string of the molecule is CCOc1ccc(C(=O)NCCc2cccc(S(=O)(=O)NC(=O)c3ccc(C(=O)NCC(=O)OC)nc3)c2)cc1. The molecule has 0 saturated heterocycles. The third-order valence-electron chi connectivity index (χ3n) is 5.44. The summed E-state index contributed by atoms with van der Waals surface area (Å²) in [5.74, 6) is -1.87. The Morgan fingerprint density at radius 3 is 2.25 bits per heavy atom. The molecule has 0 radical (unpaired) electrons. The quantitative estimate of drug-likeness (QED) is 0.274. The molecule has 40 heavy (non-hydrogen) atoms. The van der Waals surface area contributed by atoms with E-state index < -0.39 is 27.8 Å². The number of aromatic nitrogens is 1. The summed E-state index contributed by atoms with van der Waals surface area (Å²) in [6.07, 6.45) is 1.39. The van der Waals surface area contributed by atoms with Crippen molar-refractivity contribution in [3.63, 3.8) is 0 Å². The van der Waals surface area contributed by atoms with Crippen LogP contribution < -0.4 is 20.1 Å². The fourth-order valence-electron chi connectivity index (χ4n) is 3.38. The summed E-state index contributed by atoms with van der Waals surface area (Å²) < 4.78 is 37.4. The van der Waals surface area contributed by atoms with Crippen LogP contribution in [0.5, 0.6) is 5.75 Å². The number of nitrogens with one attached hydrogen (secondary N) is 3. The van der Waals surface area contributed by atoms with Gasteiger partial charge in [-0.05, 0) is 67.4 Å². The number of hydrogen-bond acceptors (Lipinski definition) is 9. The van der Waals surface area contributed by atoms with Crippen molar-refractivity contribution in [3.8, 4) is 5.75 Å². The van der Waals surface area contributed by atoms with Crippen LogP contribution in [-0.4, -0.2) is 63.9 Å². The van der Waals surface area contributed by atoms with Crippen LogP contribution in [0, 0.1) is 0 Å². The van der Waals surface area contributed by atoms with Gasteiger partial charge in [-0.25, -0.2) is 13.1 Å². The van der Waals surface area contributed by atoms with E-state index in [9.17, 15) is 27.6 Å². The van der Waals surface area contributed by atoms with Gasteiger partial charge in [0.25, 0.3) is 27.7 Å². The third kappa shape index (κ3) is 8.36. The Bertz CT molecular complexity index is 1470. The molecule has 3 N–H and O–H groups in total. The van der Waals surface area contributed by atoms with Crippen LogP contribution in [0.4, 0.5) is 0 Å². The molecule has 0 unspecified atom stereocenters. The molecule has 2 aromatic carbocycles. The standard InChI is InChI=1S/C27H28N4O8S/c1-3-39-21-10-7-19(8-11-21)25(33)28-14-13-18-5-4-6-22(15-18)40(36,37)31-26(34)20-9-12-23(29-16-20)27(35)30-17-24(32)38-2/h4-12,15-16H,3,13-14,17H2,1-2H3,(H,28,33)(H,30,35)(H,31,34). The maximum atomic E-state index is 12.8. The average molecular weight is 569 g/mol. The lowest BCUT2D eigenvalue weighted by Gasteiger charge is -2.10. The van der Waals surface area contributed by atoms with Crippen molar-refractivity contribution in [1.29, 1.82) is 0 Å². The van der Waals surface area contributed by atoms with Gasteiger partial charge < -0.3 is 20.1 Å². The first-order valence-corrected chi connectivity index (χ1v) is 13.6. The average Bonchev–Trinajstić information content (AvgIpc) is 2.96. The molecule has 3 aromatic rings. The van der Waals surface area contributed by atoms with E-state index in [1.54, 1.807) is 30.3 Å². The molecule has 0 bridgehead atoms. The molecule has 3 amide bonds. The van der Waals surface area contributed by atoms with Crippen molar-refractivity contribution in [1.82, 2.24) is 20.3 Å². The van der Waals surface area contributed by atoms with Gasteiger partial charge in [0.1, 0.15) is 18.0 Å². The number of hydrogen-bond donors (Lipinski definition) is 3. The Hall–Kier alpha value is -4.78. The number of methoxy groups -OCH3 is 1. The van der Waals surface area contributed by atoms with Gasteiger partial charge >= 0.3 is 5.97 Å². The summed E-state index contributed by atoms with van der Waals surface area (Å²) in [6, 6.07) is 15.1. The molecule has 0 spiro atoms. The molecule has 0 fully saturated rings. The Morgan fingerprint density at radius 2 is 1.60 bits per heavy atom. The van der Waals surface area contributed by atoms with Crippen molar-refractivity contribution in [2.45, 2.75) is 18.2 Å². The fourth-order valence-corrected chi connectivity index (χ4v) is 4.42. The van der Waals surface area contributed by atoms with Gasteiger partial charge in [-0.15, -0.1) is 0 Å². The van der Waals surface area contributed by atoms with E-state index in [1.807, 2.05) is 11.6 Å². The van der Waals surface area contributed by atoms with Gasteiger partial charge in [0.15, 0.2) is 0 Å². The second-order valence-corrected chi connectivity index (χ2v) is 9.92. The zero-order chi connectivity index (χ0) is 29.1. The molecule has 0 aliphatic heterocycles. The van der Waals surface area contributed by atoms with E-state index in [0.717, 1.165) is 6.20 Å². The van der Waals surface area contributed by atoms with Crippen LogP contribution in [0.3, 0.4) is 0 Å². The molecule has 1 aromatic heterocycles. The topological polar surface area (TPSA) is 170 Å². The normalized spacial score (nSPS) is 10.8. The van der Waals surface area contributed by atoms with Crippen molar-refractivity contribution in [2.24, 2.45) is 0 Å². The highest BCUT2D eigenvalue weighted by Gasteiger charge is 2.20. The summed E-state index contributed by atoms with van der Waals surface area (Å²) >= 11 is 0. The maximum Gasteiger partial charge on any atom is 0.325 e. The zero-order valence-electron chi connectivity index (χ0n) is 21.8. The lowest BCUT2D eigenvalue weighted by atomic mass is 10.1. The van der Waals surface area contributed by atoms with Gasteiger partial charge in [-0.2, -0.15) is 0 Å². The summed E-state index contributed by atoms with van der Waals surface area (Å²) in [5.41, 5.74) is 0.921. The highest BCUT2D eigenvalue weighted by atomic mass is 32.2. The first-order chi connectivity index (χ1) is 19.1. The lowest BCUT2D eigenvalue weighted by molar-refractivity contribution is -0.139. The summed E-state index contributed by atoms with van der Waals surface area (Å²) in [5, 5.41) is 5.08. The molecule has 0 aliphatic rings. The van der Waals surface area contributed by atoms with Crippen LogP contribution in [0.15, 0.2) is 71.8 Å². The highest BCUT2D eigenvalue weighted by Crippen LogP contribution is 2.14. The second kappa shape index (κ2) is 13.8. The number of rotatable bonds is 12. The number of nitrogens with zero attached hydrogens (tertiary/aromatic N) is 1. The number of benzene rings is 2. The molecular weight excluding hydrogens is 540 g/mol. The summed E-state index contributed by atoms with van der Waals surface area (Å²) in [4.78, 5) is 51.8. The number of carbonyl (C=O) groups is 4. The van der Waals surface area contributed by atoms with E-state index >= 15 is 0 Å². The predicted molar refractivity (Wildman–Crippen MR) is 143 cm³/mol. The Kier molecular flexibility index (Phi) is 10.3. The fraction of sp³-hybridized carbons (Fsp3) is 0.222. The van der Waals surface area contributed by atoms with Gasteiger partial charge in [0.2, 0.25) is 0 Å². The van der Waals surface area contributed by atoms with E-state index in [1.165, 1.54) is 37.4 Å². The number of esters is 1. The second-order valence-electron chi connectivity index (χ2n) is 8.24. The van der Waals surface area contributed by atoms with E-state index in [4.69, 9.17) is 4.74 Å². The molecule has 0 aliphatic carbocycles. The van der Waals surface area contributed by atoms with Crippen LogP contribution in [0.1, 0.15) is 43.7 Å². The van der Waals surface area contributed by atoms with Gasteiger partial charge in [-0.1, -0.05) is 12.1 Å². The van der Waals surface area contributed by atoms with Gasteiger partial charge in [-0.3, -0.25) is 24.2 Å². The smallest absolute Gasteiger partial charge is 0.325 e. The Morgan fingerprint density at radius 1 is 0.875 bits per heavy atom. The molecule has 0 saturated carbocycles. The molecule has 3 rings (SSSR count). The molecular formula is C27H28N4O8S. The van der Waals surface area contributed by atoms with Crippen LogP contribution in [0.2, 0.25) is 0 Å². The predicted octanol–water partition coefficient (Wildman–Crippen LogP) is 1.47. The van der Waals surface area contributed by atoms with Crippen molar-refractivity contribution in [3.05, 3.63) is 89.2 Å². The van der Waals surface area contributed by atoms with Crippen LogP contribution in [0.25, 0.3) is 0 Å². The number of carbonyl (C=O) groups excluding carboxylic acids is 4. The zero-order valence-corrected chi connectivity index (χ0v) is 22.6. The first kappa shape index (κ1) is 29.8. The van der Waals surface area contributed by atoms with Crippen molar-refractivity contribution in [2.75, 3.05) is 26.8 Å². The molecule has 1 heterocycles. The van der Waals surface area contributed by atoms with Gasteiger partial charge in [0, 0.05) is 18.3 Å². The number of pyridine rings is 1. The Balaban J connectivity index is 1.56. The van der Waals surface area contributed by atoms with E-state index in [0.29, 0.717) is 29.9 Å². The minimum Gasteiger partial charge on any atom is -0.494 e. The van der Waals surface area contributed by atoms with Crippen molar-refractivity contribution >= 4 is 33.7 Å². The van der Waals surface area contributed by atoms with E-state index in [-0.39, 0.29) is 35.1 Å². The monoisotopic (exact) mass is 568 g/mol. The van der Waals surface area contributed by atoms with E-state index in [2.05, 4.69) is 20.4 Å². The first-order valence-electron chi connectivity index (χ1n) is 12.1. The van der Waals surface area contributed by atoms with Crippen molar-refractivity contribution < 1.29 is 37.1 Å². The van der Waals surface area contributed by atoms with Crippen LogP contribution in [-0.2, 0) is 26.0 Å². The summed E-state index contributed by atoms with van der Waals surface area (Å²) in [6.45, 7) is 2.29. The molecule has 13 heteroatoms. The lowest BCUT2D eigenvalue weighted by Crippen LogP contribution is -2.32. The number of amides is 3. The molecule has 210 valence electrons. The minimum absolute atomic E-state index is 0.0781. The number of sulfonamides is 1. The van der Waals surface area contributed by atoms with Crippen LogP contribution >= 0.6 is 0 Å². The maximum absolute atomic E-state index is 12.8. The minimum atomic E-state index is -4.23. The van der Waals surface area contributed by atoms with Gasteiger partial charge in [0.05, 0.1) is 24.2 Å². The molecule has 0 atom stereocenters. The summed E-state index contributed by atoms with van der Waals surface area (Å²) in [7, 11) is -3.05. The Labute approximate surface area is 231 Å². The molecule has 12 nitrogen and oxygen atoms in total. The third-order valence-corrected chi connectivity index (χ3v) is 6.77. The number of ether oxygens (including phenoxy) is 2.